The van der Waals surface area contributed by atoms with Gasteiger partial charge >= 0.3 is 0 Å². The minimum atomic E-state index is -2.60. The molecule has 0 spiro atoms. The van der Waals surface area contributed by atoms with Crippen LogP contribution in [0.1, 0.15) is 45.4 Å². The number of nitrogens with zero attached hydrogens (tertiary/aromatic N) is 5. The lowest BCUT2D eigenvalue weighted by molar-refractivity contribution is 0.0631. The van der Waals surface area contributed by atoms with Gasteiger partial charge in [0.1, 0.15) is 12.2 Å². The van der Waals surface area contributed by atoms with E-state index in [0.29, 0.717) is 30.8 Å². The Morgan fingerprint density at radius 1 is 1.24 bits per heavy atom. The summed E-state index contributed by atoms with van der Waals surface area (Å²) >= 11 is 0. The molecule has 1 aromatic carbocycles. The first-order valence-corrected chi connectivity index (χ1v) is 11.0. The largest absolute Gasteiger partial charge is 0.348 e. The van der Waals surface area contributed by atoms with Gasteiger partial charge in [-0.25, -0.2) is 13.8 Å². The number of halogens is 2. The summed E-state index contributed by atoms with van der Waals surface area (Å²) in [5.41, 5.74) is 3.98. The smallest absolute Gasteiger partial charge is 0.269 e. The SMILES string of the molecule is Cc1cc(C(=O)N[C@@H]2CCN(C(=O)c3cc(C)c4ncn(C)c4c3)C[C@@H]2C)n(CC(F)F)n1. The molecule has 1 N–H and O–H groups in total. The predicted octanol–water partition coefficient (Wildman–Crippen LogP) is 2.93. The number of carbonyl (C=O) groups is 2. The van der Waals surface area contributed by atoms with E-state index in [-0.39, 0.29) is 23.6 Å². The van der Waals surface area contributed by atoms with Crippen molar-refractivity contribution in [1.82, 2.24) is 29.5 Å². The molecule has 3 aromatic rings. The van der Waals surface area contributed by atoms with Crippen molar-refractivity contribution >= 4 is 22.8 Å². The highest BCUT2D eigenvalue weighted by molar-refractivity contribution is 5.98. The lowest BCUT2D eigenvalue weighted by Gasteiger charge is -2.37. The predicted molar refractivity (Wildman–Crippen MR) is 119 cm³/mol. The van der Waals surface area contributed by atoms with Crippen LogP contribution in [0.2, 0.25) is 0 Å². The number of rotatable bonds is 5. The van der Waals surface area contributed by atoms with Crippen LogP contribution in [-0.4, -0.2) is 61.6 Å². The second-order valence-corrected chi connectivity index (χ2v) is 8.86. The Morgan fingerprint density at radius 3 is 2.70 bits per heavy atom. The van der Waals surface area contributed by atoms with Crippen molar-refractivity contribution in [2.45, 2.75) is 46.2 Å². The number of piperidine rings is 1. The van der Waals surface area contributed by atoms with Crippen LogP contribution in [0.3, 0.4) is 0 Å². The van der Waals surface area contributed by atoms with E-state index in [9.17, 15) is 18.4 Å². The van der Waals surface area contributed by atoms with Crippen LogP contribution in [0.25, 0.3) is 11.0 Å². The molecule has 3 heterocycles. The molecule has 0 saturated carbocycles. The topological polar surface area (TPSA) is 85.0 Å². The molecule has 0 aliphatic carbocycles. The number of alkyl halides is 2. The minimum Gasteiger partial charge on any atom is -0.348 e. The Bertz CT molecular complexity index is 1200. The number of fused-ring (bicyclic) bond motifs is 1. The van der Waals surface area contributed by atoms with E-state index in [1.165, 1.54) is 6.07 Å². The molecule has 1 fully saturated rings. The van der Waals surface area contributed by atoms with E-state index in [2.05, 4.69) is 15.4 Å². The molecule has 1 saturated heterocycles. The number of imidazole rings is 1. The highest BCUT2D eigenvalue weighted by Gasteiger charge is 2.31. The average Bonchev–Trinajstić information content (AvgIpc) is 3.31. The fourth-order valence-electron chi connectivity index (χ4n) is 4.50. The van der Waals surface area contributed by atoms with Gasteiger partial charge in [0.25, 0.3) is 18.2 Å². The van der Waals surface area contributed by atoms with E-state index in [1.54, 1.807) is 18.2 Å². The second kappa shape index (κ2) is 8.92. The van der Waals surface area contributed by atoms with Crippen LogP contribution in [0, 0.1) is 19.8 Å². The van der Waals surface area contributed by atoms with Gasteiger partial charge in [-0.1, -0.05) is 6.92 Å². The third-order valence-electron chi connectivity index (χ3n) is 6.22. The molecule has 2 aromatic heterocycles. The summed E-state index contributed by atoms with van der Waals surface area (Å²) < 4.78 is 28.6. The van der Waals surface area contributed by atoms with Crippen LogP contribution in [0.15, 0.2) is 24.5 Å². The first-order chi connectivity index (χ1) is 15.6. The van der Waals surface area contributed by atoms with Crippen LogP contribution in [0.4, 0.5) is 8.78 Å². The summed E-state index contributed by atoms with van der Waals surface area (Å²) in [4.78, 5) is 32.2. The Balaban J connectivity index is 1.43. The average molecular weight is 459 g/mol. The van der Waals surface area contributed by atoms with Gasteiger partial charge in [-0.3, -0.25) is 14.3 Å². The molecule has 176 valence electrons. The number of nitrogens with one attached hydrogen (secondary N) is 1. The molecule has 4 rings (SSSR count). The number of aromatic nitrogens is 4. The molecule has 0 bridgehead atoms. The van der Waals surface area contributed by atoms with Crippen LogP contribution in [-0.2, 0) is 13.6 Å². The van der Waals surface area contributed by atoms with E-state index < -0.39 is 18.9 Å². The molecule has 0 unspecified atom stereocenters. The summed E-state index contributed by atoms with van der Waals surface area (Å²) in [7, 11) is 1.90. The summed E-state index contributed by atoms with van der Waals surface area (Å²) in [6.07, 6.45) is -0.289. The second-order valence-electron chi connectivity index (χ2n) is 8.86. The van der Waals surface area contributed by atoms with Crippen molar-refractivity contribution in [3.8, 4) is 0 Å². The Kier molecular flexibility index (Phi) is 6.18. The van der Waals surface area contributed by atoms with Crippen LogP contribution in [0.5, 0.6) is 0 Å². The lowest BCUT2D eigenvalue weighted by Crippen LogP contribution is -2.51. The molecular weight excluding hydrogens is 430 g/mol. The fraction of sp³-hybridized carbons (Fsp3) is 0.478. The monoisotopic (exact) mass is 458 g/mol. The van der Waals surface area contributed by atoms with Gasteiger partial charge < -0.3 is 14.8 Å². The Hall–Kier alpha value is -3.30. The zero-order valence-electron chi connectivity index (χ0n) is 19.2. The number of carbonyl (C=O) groups excluding carboxylic acids is 2. The van der Waals surface area contributed by atoms with Crippen molar-refractivity contribution < 1.29 is 18.4 Å². The zero-order chi connectivity index (χ0) is 23.9. The Morgan fingerprint density at radius 2 is 2.00 bits per heavy atom. The number of aryl methyl sites for hydroxylation is 3. The van der Waals surface area contributed by atoms with Crippen molar-refractivity contribution in [3.05, 3.63) is 47.0 Å². The molecule has 1 aliphatic rings. The van der Waals surface area contributed by atoms with Gasteiger partial charge in [-0.2, -0.15) is 5.10 Å². The van der Waals surface area contributed by atoms with Crippen LogP contribution >= 0.6 is 0 Å². The maximum absolute atomic E-state index is 13.2. The maximum atomic E-state index is 13.2. The van der Waals surface area contributed by atoms with Crippen molar-refractivity contribution in [2.24, 2.45) is 13.0 Å². The third-order valence-corrected chi connectivity index (χ3v) is 6.22. The normalized spacial score (nSPS) is 18.8. The first-order valence-electron chi connectivity index (χ1n) is 11.0. The quantitative estimate of drug-likeness (QED) is 0.637. The van der Waals surface area contributed by atoms with Gasteiger partial charge in [0.2, 0.25) is 0 Å². The van der Waals surface area contributed by atoms with Gasteiger partial charge in [0.15, 0.2) is 0 Å². The first kappa shape index (κ1) is 22.9. The number of hydrogen-bond donors (Lipinski definition) is 1. The highest BCUT2D eigenvalue weighted by atomic mass is 19.3. The molecule has 2 atom stereocenters. The molecule has 33 heavy (non-hydrogen) atoms. The molecule has 10 heteroatoms. The van der Waals surface area contributed by atoms with E-state index >= 15 is 0 Å². The zero-order valence-corrected chi connectivity index (χ0v) is 19.2. The maximum Gasteiger partial charge on any atom is 0.269 e. The lowest BCUT2D eigenvalue weighted by atomic mass is 9.93. The summed E-state index contributed by atoms with van der Waals surface area (Å²) in [5, 5.41) is 6.95. The van der Waals surface area contributed by atoms with Crippen molar-refractivity contribution in [2.75, 3.05) is 13.1 Å². The number of benzene rings is 1. The van der Waals surface area contributed by atoms with E-state index in [4.69, 9.17) is 0 Å². The summed E-state index contributed by atoms with van der Waals surface area (Å²) in [6, 6.07) is 5.07. The number of hydrogen-bond acceptors (Lipinski definition) is 4. The van der Waals surface area contributed by atoms with Gasteiger partial charge in [0.05, 0.1) is 23.1 Å². The van der Waals surface area contributed by atoms with Crippen molar-refractivity contribution in [3.63, 3.8) is 0 Å². The molecule has 0 radical (unpaired) electrons. The molecule has 2 amide bonds. The molecule has 1 aliphatic heterocycles. The third kappa shape index (κ3) is 4.60. The van der Waals surface area contributed by atoms with E-state index in [1.807, 2.05) is 37.6 Å². The number of likely N-dealkylation sites (tertiary alicyclic amines) is 1. The van der Waals surface area contributed by atoms with Crippen LogP contribution < -0.4 is 5.32 Å². The van der Waals surface area contributed by atoms with Crippen molar-refractivity contribution in [1.29, 1.82) is 0 Å². The van der Waals surface area contributed by atoms with Gasteiger partial charge in [0, 0.05) is 31.7 Å². The highest BCUT2D eigenvalue weighted by Crippen LogP contribution is 2.23. The molecule has 8 nitrogen and oxygen atoms in total. The summed E-state index contributed by atoms with van der Waals surface area (Å²) in [5.74, 6) is -0.477. The van der Waals surface area contributed by atoms with E-state index in [0.717, 1.165) is 21.3 Å². The molecular formula is C23H28F2N6O2. The number of amides is 2. The summed E-state index contributed by atoms with van der Waals surface area (Å²) in [6.45, 7) is 5.93. The van der Waals surface area contributed by atoms with Gasteiger partial charge in [-0.05, 0) is 49.9 Å². The fourth-order valence-corrected chi connectivity index (χ4v) is 4.50. The minimum absolute atomic E-state index is 0.000693. The standard InChI is InChI=1S/C23H28F2N6O2/c1-13-7-16(9-18-21(13)26-12-29(18)4)23(33)30-6-5-17(14(2)10-30)27-22(32)19-8-15(3)28-31(19)11-20(24)25/h7-9,12,14,17,20H,5-6,10-11H2,1-4H3,(H,27,32)/t14-,17+/m0/s1. The Labute approximate surface area is 190 Å². The van der Waals surface area contributed by atoms with Gasteiger partial charge in [-0.15, -0.1) is 0 Å².